The predicted molar refractivity (Wildman–Crippen MR) is 190 cm³/mol. The van der Waals surface area contributed by atoms with Crippen LogP contribution < -0.4 is 46.9 Å². The van der Waals surface area contributed by atoms with Crippen LogP contribution in [0.3, 0.4) is 0 Å². The van der Waals surface area contributed by atoms with E-state index in [1.54, 1.807) is 36.4 Å². The summed E-state index contributed by atoms with van der Waals surface area (Å²) in [5.74, 6) is 0.261. The molecule has 0 aliphatic heterocycles. The highest BCUT2D eigenvalue weighted by atomic mass is 31.2. The van der Waals surface area contributed by atoms with Crippen LogP contribution in [0, 0.1) is 0 Å². The fourth-order valence-corrected chi connectivity index (χ4v) is 5.77. The van der Waals surface area contributed by atoms with Crippen LogP contribution in [0.4, 0.5) is 0 Å². The van der Waals surface area contributed by atoms with Gasteiger partial charge in [-0.3, -0.25) is 4.89 Å². The molecule has 0 aliphatic rings. The van der Waals surface area contributed by atoms with Crippen LogP contribution >= 0.6 is 7.82 Å². The van der Waals surface area contributed by atoms with Crippen molar-refractivity contribution in [3.63, 3.8) is 0 Å². The lowest BCUT2D eigenvalue weighted by Gasteiger charge is -2.19. The van der Waals surface area contributed by atoms with Crippen LogP contribution in [0.1, 0.15) is 22.3 Å². The van der Waals surface area contributed by atoms with Crippen molar-refractivity contribution in [1.82, 2.24) is 0 Å². The molecule has 0 fully saturated rings. The summed E-state index contributed by atoms with van der Waals surface area (Å²) in [5, 5.41) is 22.3. The molecule has 0 spiro atoms. The van der Waals surface area contributed by atoms with Crippen molar-refractivity contribution in [1.29, 1.82) is 0 Å². The van der Waals surface area contributed by atoms with Crippen molar-refractivity contribution in [2.75, 3.05) is 56.9 Å². The monoisotopic (exact) mass is 726 g/mol. The van der Waals surface area contributed by atoms with E-state index in [2.05, 4.69) is 0 Å². The van der Waals surface area contributed by atoms with E-state index in [4.69, 9.17) is 46.9 Å². The van der Waals surface area contributed by atoms with Gasteiger partial charge in [0.05, 0.1) is 56.9 Å². The van der Waals surface area contributed by atoms with E-state index < -0.39 is 30.8 Å². The quantitative estimate of drug-likeness (QED) is 0.0792. The van der Waals surface area contributed by atoms with Gasteiger partial charge in [0, 0.05) is 11.1 Å². The van der Waals surface area contributed by atoms with Gasteiger partial charge in [-0.15, -0.1) is 0 Å². The fraction of sp³-hybridized carbons (Fsp3) is 0.222. The Hall–Kier alpha value is -5.85. The Balaban J connectivity index is 1.66. The molecule has 272 valence electrons. The summed E-state index contributed by atoms with van der Waals surface area (Å²) < 4.78 is 67.0. The molecular formula is C36H39O14P. The highest BCUT2D eigenvalue weighted by Gasteiger charge is 2.32. The Bertz CT molecular complexity index is 1780. The molecule has 0 saturated heterocycles. The molecule has 3 N–H and O–H groups in total. The number of rotatable bonds is 16. The van der Waals surface area contributed by atoms with Crippen molar-refractivity contribution in [3.05, 3.63) is 70.8 Å². The molecule has 4 rings (SSSR count). The minimum Gasteiger partial charge on any atom is -0.504 e. The number of phenolic OH excluding ortho intramolecular Hbond substituents is 2. The van der Waals surface area contributed by atoms with Gasteiger partial charge in [-0.1, -0.05) is 24.3 Å². The molecule has 0 saturated carbocycles. The second kappa shape index (κ2) is 16.7. The second-order valence-corrected chi connectivity index (χ2v) is 11.6. The van der Waals surface area contributed by atoms with Crippen molar-refractivity contribution in [3.8, 4) is 69.0 Å². The van der Waals surface area contributed by atoms with Gasteiger partial charge in [0.2, 0.25) is 23.0 Å². The molecule has 0 aromatic heterocycles. The number of phosphoric ester groups is 1. The summed E-state index contributed by atoms with van der Waals surface area (Å²) in [6.07, 6.45) is 6.35. The maximum absolute atomic E-state index is 13.4. The first-order chi connectivity index (χ1) is 24.5. The second-order valence-electron chi connectivity index (χ2n) is 10.3. The van der Waals surface area contributed by atoms with Crippen molar-refractivity contribution in [2.45, 2.75) is 0 Å². The largest absolute Gasteiger partial charge is 0.585 e. The molecule has 0 unspecified atom stereocenters. The first kappa shape index (κ1) is 38.0. The SMILES string of the molecule is COc1cc(/C=C\c2ccc(OC)c(OP(=O)(O)Oc3c(OC)ccc(/C=C\c4cc(OC)c(OC)c(OC)c4)c3O)c2O)cc(OC)c1OC. The smallest absolute Gasteiger partial charge is 0.504 e. The van der Waals surface area contributed by atoms with Crippen LogP contribution in [0.15, 0.2) is 48.5 Å². The molecule has 4 aromatic rings. The average molecular weight is 727 g/mol. The number of benzene rings is 4. The summed E-state index contributed by atoms with van der Waals surface area (Å²) in [5.41, 5.74) is 1.64. The highest BCUT2D eigenvalue weighted by Crippen LogP contribution is 2.55. The minimum absolute atomic E-state index is 0.0754. The van der Waals surface area contributed by atoms with Crippen LogP contribution in [-0.2, 0) is 4.57 Å². The molecular weight excluding hydrogens is 687 g/mol. The number of methoxy groups -OCH3 is 8. The topological polar surface area (TPSA) is 170 Å². The number of aromatic hydroxyl groups is 2. The van der Waals surface area contributed by atoms with Gasteiger partial charge in [-0.05, 0) is 59.7 Å². The summed E-state index contributed by atoms with van der Waals surface area (Å²) >= 11 is 0. The summed E-state index contributed by atoms with van der Waals surface area (Å²) in [6.45, 7) is 0. The number of ether oxygens (including phenoxy) is 8. The summed E-state index contributed by atoms with van der Waals surface area (Å²) in [7, 11) is 6.34. The Morgan fingerprint density at radius 3 is 1.04 bits per heavy atom. The molecule has 51 heavy (non-hydrogen) atoms. The molecule has 0 bridgehead atoms. The van der Waals surface area contributed by atoms with Gasteiger partial charge in [-0.2, -0.15) is 0 Å². The lowest BCUT2D eigenvalue weighted by Crippen LogP contribution is -2.03. The average Bonchev–Trinajstić information content (AvgIpc) is 3.14. The van der Waals surface area contributed by atoms with E-state index in [1.807, 2.05) is 0 Å². The Morgan fingerprint density at radius 2 is 0.765 bits per heavy atom. The van der Waals surface area contributed by atoms with Crippen LogP contribution in [0.5, 0.6) is 69.0 Å². The van der Waals surface area contributed by atoms with Gasteiger partial charge in [0.15, 0.2) is 46.0 Å². The van der Waals surface area contributed by atoms with Crippen LogP contribution in [0.2, 0.25) is 0 Å². The van der Waals surface area contributed by atoms with E-state index in [0.29, 0.717) is 45.6 Å². The number of phosphoric acid groups is 1. The summed E-state index contributed by atoms with van der Waals surface area (Å²) in [6, 6.07) is 12.7. The van der Waals surface area contributed by atoms with Gasteiger partial charge in [0.1, 0.15) is 0 Å². The van der Waals surface area contributed by atoms with Gasteiger partial charge < -0.3 is 57.2 Å². The summed E-state index contributed by atoms with van der Waals surface area (Å²) in [4.78, 5) is 10.9. The third-order valence-corrected chi connectivity index (χ3v) is 8.22. The Kier molecular flexibility index (Phi) is 12.4. The highest BCUT2D eigenvalue weighted by molar-refractivity contribution is 7.48. The van der Waals surface area contributed by atoms with Gasteiger partial charge >= 0.3 is 7.82 Å². The first-order valence-corrected chi connectivity index (χ1v) is 16.4. The van der Waals surface area contributed by atoms with E-state index in [1.165, 1.54) is 93.3 Å². The van der Waals surface area contributed by atoms with Crippen molar-refractivity contribution in [2.24, 2.45) is 0 Å². The molecule has 15 heteroatoms. The zero-order valence-corrected chi connectivity index (χ0v) is 30.1. The molecule has 0 heterocycles. The molecule has 0 aliphatic carbocycles. The Morgan fingerprint density at radius 1 is 0.451 bits per heavy atom. The van der Waals surface area contributed by atoms with E-state index in [-0.39, 0.29) is 22.6 Å². The van der Waals surface area contributed by atoms with E-state index >= 15 is 0 Å². The standard InChI is InChI=1S/C36H39O14P/c1-41-25-15-13-23(11-9-21-17-27(43-3)33(47-7)28(18-21)44-4)31(37)35(25)49-51(39,40)50-36-26(42-2)16-14-24(32(36)38)12-10-22-19-29(45-5)34(48-8)30(20-22)46-6/h9-20,37-38H,1-8H3,(H,39,40)/b11-9-,12-10-. The minimum atomic E-state index is -5.15. The molecule has 0 radical (unpaired) electrons. The van der Waals surface area contributed by atoms with E-state index in [9.17, 15) is 19.7 Å². The zero-order valence-electron chi connectivity index (χ0n) is 29.2. The zero-order chi connectivity index (χ0) is 37.3. The van der Waals surface area contributed by atoms with E-state index in [0.717, 1.165) is 0 Å². The maximum Gasteiger partial charge on any atom is 0.585 e. The first-order valence-electron chi connectivity index (χ1n) is 15.0. The fourth-order valence-electron chi connectivity index (χ4n) is 4.92. The maximum atomic E-state index is 13.4. The molecule has 4 aromatic carbocycles. The normalized spacial score (nSPS) is 11.3. The van der Waals surface area contributed by atoms with Crippen LogP contribution in [-0.4, -0.2) is 72.0 Å². The van der Waals surface area contributed by atoms with Crippen LogP contribution in [0.25, 0.3) is 24.3 Å². The third kappa shape index (κ3) is 8.48. The third-order valence-electron chi connectivity index (χ3n) is 7.39. The number of hydrogen-bond donors (Lipinski definition) is 3. The Labute approximate surface area is 295 Å². The lowest BCUT2D eigenvalue weighted by molar-refractivity contribution is 0.266. The van der Waals surface area contributed by atoms with Gasteiger partial charge in [-0.25, -0.2) is 4.57 Å². The van der Waals surface area contributed by atoms with Crippen molar-refractivity contribution < 1.29 is 66.6 Å². The molecule has 0 atom stereocenters. The number of hydrogen-bond acceptors (Lipinski definition) is 13. The van der Waals surface area contributed by atoms with Crippen molar-refractivity contribution >= 4 is 32.1 Å². The lowest BCUT2D eigenvalue weighted by atomic mass is 10.1. The molecule has 14 nitrogen and oxygen atoms in total. The van der Waals surface area contributed by atoms with Gasteiger partial charge in [0.25, 0.3) is 0 Å². The molecule has 0 amide bonds. The number of phenols is 2. The predicted octanol–water partition coefficient (Wildman–Crippen LogP) is 7.07.